The van der Waals surface area contributed by atoms with Crippen molar-refractivity contribution in [3.63, 3.8) is 0 Å². The predicted molar refractivity (Wildman–Crippen MR) is 36.1 cm³/mol. The number of furan rings is 1. The SMILES string of the molecule is Cc1ccc(NCN)o1. The normalized spacial score (nSPS) is 9.56. The molecule has 0 fully saturated rings. The first-order valence-corrected chi connectivity index (χ1v) is 2.83. The molecule has 0 bridgehead atoms. The molecule has 0 unspecified atom stereocenters. The van der Waals surface area contributed by atoms with Crippen molar-refractivity contribution in [3.05, 3.63) is 17.9 Å². The van der Waals surface area contributed by atoms with Crippen molar-refractivity contribution in [1.29, 1.82) is 0 Å². The van der Waals surface area contributed by atoms with Crippen LogP contribution < -0.4 is 11.1 Å². The van der Waals surface area contributed by atoms with Crippen LogP contribution in [0.2, 0.25) is 0 Å². The Kier molecular flexibility index (Phi) is 1.75. The third kappa shape index (κ3) is 1.47. The third-order valence-electron chi connectivity index (χ3n) is 1.02. The highest BCUT2D eigenvalue weighted by Crippen LogP contribution is 2.10. The van der Waals surface area contributed by atoms with Crippen molar-refractivity contribution >= 4 is 5.88 Å². The number of aryl methyl sites for hydroxylation is 1. The van der Waals surface area contributed by atoms with Crippen molar-refractivity contribution in [3.8, 4) is 0 Å². The second kappa shape index (κ2) is 2.55. The van der Waals surface area contributed by atoms with Gasteiger partial charge >= 0.3 is 0 Å². The Balaban J connectivity index is 2.61. The molecule has 0 aliphatic heterocycles. The summed E-state index contributed by atoms with van der Waals surface area (Å²) in [7, 11) is 0. The molecule has 1 heterocycles. The molecule has 3 heteroatoms. The Hall–Kier alpha value is -0.960. The molecular formula is C6H10N2O. The third-order valence-corrected chi connectivity index (χ3v) is 1.02. The van der Waals surface area contributed by atoms with Crippen LogP contribution in [0.25, 0.3) is 0 Å². The van der Waals surface area contributed by atoms with Crippen LogP contribution in [0.1, 0.15) is 5.76 Å². The number of nitrogens with one attached hydrogen (secondary N) is 1. The maximum Gasteiger partial charge on any atom is 0.194 e. The van der Waals surface area contributed by atoms with Crippen LogP contribution >= 0.6 is 0 Å². The van der Waals surface area contributed by atoms with Gasteiger partial charge in [0.25, 0.3) is 0 Å². The monoisotopic (exact) mass is 126 g/mol. The summed E-state index contributed by atoms with van der Waals surface area (Å²) in [6, 6.07) is 3.74. The van der Waals surface area contributed by atoms with Gasteiger partial charge in [0.05, 0.1) is 6.67 Å². The van der Waals surface area contributed by atoms with E-state index in [4.69, 9.17) is 10.2 Å². The minimum Gasteiger partial charge on any atom is -0.446 e. The van der Waals surface area contributed by atoms with Gasteiger partial charge < -0.3 is 15.5 Å². The van der Waals surface area contributed by atoms with Gasteiger partial charge in [-0.3, -0.25) is 0 Å². The molecule has 0 amide bonds. The van der Waals surface area contributed by atoms with Gasteiger partial charge in [-0.25, -0.2) is 0 Å². The molecule has 50 valence electrons. The average Bonchev–Trinajstić information content (AvgIpc) is 2.17. The number of hydrogen-bond acceptors (Lipinski definition) is 3. The van der Waals surface area contributed by atoms with Gasteiger partial charge in [-0.2, -0.15) is 0 Å². The summed E-state index contributed by atoms with van der Waals surface area (Å²) >= 11 is 0. The van der Waals surface area contributed by atoms with Crippen LogP contribution in [0.4, 0.5) is 5.88 Å². The van der Waals surface area contributed by atoms with E-state index >= 15 is 0 Å². The zero-order valence-electron chi connectivity index (χ0n) is 5.35. The summed E-state index contributed by atoms with van der Waals surface area (Å²) in [5, 5.41) is 2.84. The lowest BCUT2D eigenvalue weighted by Gasteiger charge is -1.93. The molecule has 9 heavy (non-hydrogen) atoms. The van der Waals surface area contributed by atoms with Crippen molar-refractivity contribution in [2.75, 3.05) is 12.0 Å². The Morgan fingerprint density at radius 2 is 2.44 bits per heavy atom. The molecule has 1 aromatic heterocycles. The lowest BCUT2D eigenvalue weighted by Crippen LogP contribution is -2.09. The lowest BCUT2D eigenvalue weighted by atomic mass is 10.5. The predicted octanol–water partition coefficient (Wildman–Crippen LogP) is 0.916. The maximum atomic E-state index is 5.20. The summed E-state index contributed by atoms with van der Waals surface area (Å²) in [4.78, 5) is 0. The maximum absolute atomic E-state index is 5.20. The van der Waals surface area contributed by atoms with Gasteiger partial charge in [-0.1, -0.05) is 0 Å². The summed E-state index contributed by atoms with van der Waals surface area (Å²) in [5.41, 5.74) is 5.20. The zero-order valence-corrected chi connectivity index (χ0v) is 5.35. The van der Waals surface area contributed by atoms with Crippen LogP contribution in [-0.4, -0.2) is 6.67 Å². The topological polar surface area (TPSA) is 51.2 Å². The highest BCUT2D eigenvalue weighted by atomic mass is 16.4. The highest BCUT2D eigenvalue weighted by Gasteiger charge is 1.92. The van der Waals surface area contributed by atoms with E-state index in [2.05, 4.69) is 5.32 Å². The first-order valence-electron chi connectivity index (χ1n) is 2.83. The van der Waals surface area contributed by atoms with Crippen molar-refractivity contribution < 1.29 is 4.42 Å². The standard InChI is InChI=1S/C6H10N2O/c1-5-2-3-6(9-5)8-4-7/h2-3,8H,4,7H2,1H3. The van der Waals surface area contributed by atoms with Gasteiger partial charge in [0, 0.05) is 6.07 Å². The Morgan fingerprint density at radius 1 is 1.67 bits per heavy atom. The fraction of sp³-hybridized carbons (Fsp3) is 0.333. The minimum absolute atomic E-state index is 0.410. The fourth-order valence-corrected chi connectivity index (χ4v) is 0.630. The number of nitrogens with two attached hydrogens (primary N) is 1. The van der Waals surface area contributed by atoms with Gasteiger partial charge in [0.15, 0.2) is 5.88 Å². The number of hydrogen-bond donors (Lipinski definition) is 2. The summed E-state index contributed by atoms with van der Waals surface area (Å²) in [6.45, 7) is 2.30. The molecule has 0 aromatic carbocycles. The quantitative estimate of drug-likeness (QED) is 0.579. The van der Waals surface area contributed by atoms with Crippen LogP contribution in [0.15, 0.2) is 16.5 Å². The van der Waals surface area contributed by atoms with E-state index in [0.717, 1.165) is 11.6 Å². The van der Waals surface area contributed by atoms with Crippen molar-refractivity contribution in [2.24, 2.45) is 5.73 Å². The number of anilines is 1. The smallest absolute Gasteiger partial charge is 0.194 e. The van der Waals surface area contributed by atoms with Gasteiger partial charge in [0.2, 0.25) is 0 Å². The molecule has 3 nitrogen and oxygen atoms in total. The molecule has 1 aromatic rings. The minimum atomic E-state index is 0.410. The van der Waals surface area contributed by atoms with E-state index < -0.39 is 0 Å². The van der Waals surface area contributed by atoms with E-state index in [-0.39, 0.29) is 0 Å². The van der Waals surface area contributed by atoms with E-state index in [1.54, 1.807) is 0 Å². The molecule has 0 saturated carbocycles. The second-order valence-corrected chi connectivity index (χ2v) is 1.79. The first-order chi connectivity index (χ1) is 4.33. The Morgan fingerprint density at radius 3 is 2.89 bits per heavy atom. The van der Waals surface area contributed by atoms with Crippen molar-refractivity contribution in [2.45, 2.75) is 6.92 Å². The van der Waals surface area contributed by atoms with Crippen LogP contribution in [0, 0.1) is 6.92 Å². The second-order valence-electron chi connectivity index (χ2n) is 1.79. The van der Waals surface area contributed by atoms with Gasteiger partial charge in [-0.15, -0.1) is 0 Å². The Labute approximate surface area is 53.8 Å². The van der Waals surface area contributed by atoms with Gasteiger partial charge in [-0.05, 0) is 13.0 Å². The van der Waals surface area contributed by atoms with Crippen LogP contribution in [-0.2, 0) is 0 Å². The molecule has 0 spiro atoms. The molecule has 0 aliphatic carbocycles. The summed E-state index contributed by atoms with van der Waals surface area (Å²) in [6.07, 6.45) is 0. The Bertz CT molecular complexity index is 183. The van der Waals surface area contributed by atoms with Gasteiger partial charge in [0.1, 0.15) is 5.76 Å². The molecule has 0 aliphatic rings. The lowest BCUT2D eigenvalue weighted by molar-refractivity contribution is 0.546. The molecular weight excluding hydrogens is 116 g/mol. The molecule has 0 saturated heterocycles. The highest BCUT2D eigenvalue weighted by molar-refractivity contribution is 5.31. The number of rotatable bonds is 2. The first kappa shape index (κ1) is 6.16. The molecule has 3 N–H and O–H groups in total. The molecule has 1 rings (SSSR count). The van der Waals surface area contributed by atoms with E-state index in [9.17, 15) is 0 Å². The van der Waals surface area contributed by atoms with E-state index in [0.29, 0.717) is 6.67 Å². The fourth-order valence-electron chi connectivity index (χ4n) is 0.630. The zero-order chi connectivity index (χ0) is 6.69. The largest absolute Gasteiger partial charge is 0.446 e. The van der Waals surface area contributed by atoms with Crippen molar-refractivity contribution in [1.82, 2.24) is 0 Å². The summed E-state index contributed by atoms with van der Waals surface area (Å²) in [5.74, 6) is 1.63. The molecule has 0 atom stereocenters. The molecule has 0 radical (unpaired) electrons. The average molecular weight is 126 g/mol. The summed E-state index contributed by atoms with van der Waals surface area (Å²) < 4.78 is 5.13. The van der Waals surface area contributed by atoms with E-state index in [1.807, 2.05) is 19.1 Å². The van der Waals surface area contributed by atoms with Crippen LogP contribution in [0.3, 0.4) is 0 Å². The van der Waals surface area contributed by atoms with Crippen LogP contribution in [0.5, 0.6) is 0 Å². The van der Waals surface area contributed by atoms with E-state index in [1.165, 1.54) is 0 Å².